The molecule has 0 aliphatic carbocycles. The molecular formula is C22H20N2O6S2. The van der Waals surface area contributed by atoms with Crippen molar-refractivity contribution in [2.75, 3.05) is 11.5 Å². The third-order valence-electron chi connectivity index (χ3n) is 4.53. The van der Waals surface area contributed by atoms with Crippen molar-refractivity contribution in [3.63, 3.8) is 0 Å². The minimum Gasteiger partial charge on any atom is -0.399 e. The molecule has 166 valence electrons. The Morgan fingerprint density at radius 3 is 1.16 bits per heavy atom. The summed E-state index contributed by atoms with van der Waals surface area (Å²) in [5, 5.41) is 0.857. The fraction of sp³-hybridized carbons (Fsp3) is 0. The largest absolute Gasteiger partial charge is 0.399 e. The van der Waals surface area contributed by atoms with Crippen LogP contribution in [0.5, 0.6) is 0 Å². The van der Waals surface area contributed by atoms with E-state index in [4.69, 9.17) is 20.6 Å². The number of nitrogen functional groups attached to an aromatic ring is 2. The van der Waals surface area contributed by atoms with E-state index >= 15 is 0 Å². The van der Waals surface area contributed by atoms with Crippen molar-refractivity contribution in [3.8, 4) is 11.1 Å². The monoisotopic (exact) mass is 472 g/mol. The van der Waals surface area contributed by atoms with Crippen LogP contribution >= 0.6 is 0 Å². The normalized spacial score (nSPS) is 11.6. The minimum atomic E-state index is -4.35. The zero-order chi connectivity index (χ0) is 23.5. The Morgan fingerprint density at radius 2 is 0.844 bits per heavy atom. The van der Waals surface area contributed by atoms with Gasteiger partial charge in [0.25, 0.3) is 20.2 Å². The second kappa shape index (κ2) is 8.97. The highest BCUT2D eigenvalue weighted by Gasteiger charge is 2.13. The van der Waals surface area contributed by atoms with Crippen LogP contribution in [0.3, 0.4) is 0 Å². The second-order valence-corrected chi connectivity index (χ2v) is 9.71. The van der Waals surface area contributed by atoms with Crippen LogP contribution in [0.1, 0.15) is 0 Å². The lowest BCUT2D eigenvalue weighted by molar-refractivity contribution is 0.481. The van der Waals surface area contributed by atoms with Gasteiger partial charge in [0.05, 0.1) is 9.79 Å². The van der Waals surface area contributed by atoms with Crippen LogP contribution in [0.2, 0.25) is 0 Å². The highest BCUT2D eigenvalue weighted by molar-refractivity contribution is 7.86. The number of rotatable bonds is 3. The number of fused-ring (bicyclic) bond motifs is 1. The predicted octanol–water partition coefficient (Wildman–Crippen LogP) is 3.85. The van der Waals surface area contributed by atoms with E-state index < -0.39 is 20.2 Å². The van der Waals surface area contributed by atoms with E-state index in [1.165, 1.54) is 24.3 Å². The van der Waals surface area contributed by atoms with E-state index in [0.717, 1.165) is 34.6 Å². The molecule has 0 atom stereocenters. The molecule has 0 spiro atoms. The van der Waals surface area contributed by atoms with Gasteiger partial charge in [0.2, 0.25) is 0 Å². The molecule has 0 aliphatic heterocycles. The number of hydrogen-bond acceptors (Lipinski definition) is 6. The standard InChI is InChI=1S/C12H12N2.C10H8O6S2/c13-11-5-1-9(2-6-11)10-3-7-12(14)8-4-10;11-17(12,13)9-3-1-7-2-4-10(18(14,15)16)6-8(7)5-9/h1-8H,13-14H2;1-6H,(H,11,12,13)(H,14,15,16). The molecule has 0 saturated heterocycles. The number of anilines is 2. The zero-order valence-corrected chi connectivity index (χ0v) is 18.2. The first-order valence-corrected chi connectivity index (χ1v) is 12.0. The highest BCUT2D eigenvalue weighted by Crippen LogP contribution is 2.23. The lowest BCUT2D eigenvalue weighted by atomic mass is 10.1. The van der Waals surface area contributed by atoms with Gasteiger partial charge in [0, 0.05) is 11.4 Å². The van der Waals surface area contributed by atoms with Crippen LogP contribution in [-0.4, -0.2) is 25.9 Å². The lowest BCUT2D eigenvalue weighted by Crippen LogP contribution is -1.99. The van der Waals surface area contributed by atoms with E-state index in [1.54, 1.807) is 0 Å². The van der Waals surface area contributed by atoms with Gasteiger partial charge in [-0.3, -0.25) is 9.11 Å². The summed E-state index contributed by atoms with van der Waals surface area (Å²) in [5.41, 5.74) is 15.1. The SMILES string of the molecule is Nc1ccc(-c2ccc(N)cc2)cc1.O=S(=O)(O)c1ccc2ccc(S(=O)(=O)O)cc2c1. The fourth-order valence-corrected chi connectivity index (χ4v) is 3.91. The van der Waals surface area contributed by atoms with E-state index in [2.05, 4.69) is 0 Å². The first-order valence-electron chi connectivity index (χ1n) is 9.14. The van der Waals surface area contributed by atoms with Gasteiger partial charge in [-0.2, -0.15) is 16.8 Å². The Kier molecular flexibility index (Phi) is 6.51. The van der Waals surface area contributed by atoms with Gasteiger partial charge in [-0.25, -0.2) is 0 Å². The Balaban J connectivity index is 0.000000186. The van der Waals surface area contributed by atoms with Crippen LogP contribution in [-0.2, 0) is 20.2 Å². The molecule has 0 aliphatic rings. The van der Waals surface area contributed by atoms with Crippen LogP contribution in [0, 0.1) is 0 Å². The van der Waals surface area contributed by atoms with Crippen molar-refractivity contribution in [1.82, 2.24) is 0 Å². The molecule has 4 rings (SSSR count). The lowest BCUT2D eigenvalue weighted by Gasteiger charge is -2.03. The predicted molar refractivity (Wildman–Crippen MR) is 124 cm³/mol. The smallest absolute Gasteiger partial charge is 0.294 e. The quantitative estimate of drug-likeness (QED) is 0.258. The molecule has 0 aromatic heterocycles. The zero-order valence-electron chi connectivity index (χ0n) is 16.6. The van der Waals surface area contributed by atoms with Crippen molar-refractivity contribution in [2.45, 2.75) is 9.79 Å². The van der Waals surface area contributed by atoms with Gasteiger partial charge in [-0.1, -0.05) is 36.4 Å². The molecule has 0 bridgehead atoms. The molecule has 0 saturated carbocycles. The van der Waals surface area contributed by atoms with Crippen molar-refractivity contribution in [2.24, 2.45) is 0 Å². The molecule has 8 nitrogen and oxygen atoms in total. The summed E-state index contributed by atoms with van der Waals surface area (Å²) in [7, 11) is -8.71. The molecule has 4 aromatic rings. The van der Waals surface area contributed by atoms with E-state index in [1.807, 2.05) is 48.5 Å². The average Bonchev–Trinajstić information content (AvgIpc) is 2.73. The van der Waals surface area contributed by atoms with Crippen molar-refractivity contribution in [3.05, 3.63) is 84.9 Å². The van der Waals surface area contributed by atoms with Crippen molar-refractivity contribution in [1.29, 1.82) is 0 Å². The number of nitrogens with two attached hydrogens (primary N) is 2. The van der Waals surface area contributed by atoms with E-state index in [-0.39, 0.29) is 15.2 Å². The summed E-state index contributed by atoms with van der Waals surface area (Å²) in [6, 6.07) is 23.1. The molecule has 0 fully saturated rings. The van der Waals surface area contributed by atoms with E-state index in [0.29, 0.717) is 5.39 Å². The third kappa shape index (κ3) is 5.83. The summed E-state index contributed by atoms with van der Waals surface area (Å²) in [4.78, 5) is -0.690. The first-order chi connectivity index (χ1) is 14.9. The molecule has 6 N–H and O–H groups in total. The van der Waals surface area contributed by atoms with Gasteiger partial charge in [0.15, 0.2) is 0 Å². The van der Waals surface area contributed by atoms with Crippen LogP contribution in [0.15, 0.2) is 94.7 Å². The molecular weight excluding hydrogens is 452 g/mol. The van der Waals surface area contributed by atoms with Crippen LogP contribution in [0.25, 0.3) is 21.9 Å². The van der Waals surface area contributed by atoms with Gasteiger partial charge in [0.1, 0.15) is 0 Å². The molecule has 0 unspecified atom stereocenters. The summed E-state index contributed by atoms with van der Waals surface area (Å²) in [5.74, 6) is 0. The molecule has 0 heterocycles. The average molecular weight is 473 g/mol. The fourth-order valence-electron chi connectivity index (χ4n) is 2.87. The molecule has 32 heavy (non-hydrogen) atoms. The summed E-state index contributed by atoms with van der Waals surface area (Å²) in [6.07, 6.45) is 0. The maximum atomic E-state index is 10.9. The van der Waals surface area contributed by atoms with Gasteiger partial charge >= 0.3 is 0 Å². The van der Waals surface area contributed by atoms with Crippen molar-refractivity contribution < 1.29 is 25.9 Å². The molecule has 0 amide bonds. The minimum absolute atomic E-state index is 0.278. The summed E-state index contributed by atoms with van der Waals surface area (Å²) < 4.78 is 61.5. The van der Waals surface area contributed by atoms with Crippen LogP contribution in [0.4, 0.5) is 11.4 Å². The molecule has 10 heteroatoms. The first kappa shape index (κ1) is 23.2. The second-order valence-electron chi connectivity index (χ2n) is 6.86. The Morgan fingerprint density at radius 1 is 0.500 bits per heavy atom. The highest BCUT2D eigenvalue weighted by atomic mass is 32.2. The Hall–Kier alpha value is -3.44. The van der Waals surface area contributed by atoms with Gasteiger partial charge in [-0.15, -0.1) is 0 Å². The third-order valence-corrected chi connectivity index (χ3v) is 6.23. The number of benzene rings is 4. The maximum Gasteiger partial charge on any atom is 0.294 e. The number of hydrogen-bond donors (Lipinski definition) is 4. The Bertz CT molecular complexity index is 1360. The maximum absolute atomic E-state index is 10.9. The Labute approximate surface area is 185 Å². The summed E-state index contributed by atoms with van der Waals surface area (Å²) in [6.45, 7) is 0. The van der Waals surface area contributed by atoms with Crippen LogP contribution < -0.4 is 11.5 Å². The van der Waals surface area contributed by atoms with Crippen molar-refractivity contribution >= 4 is 42.4 Å². The van der Waals surface area contributed by atoms with E-state index in [9.17, 15) is 16.8 Å². The topological polar surface area (TPSA) is 161 Å². The summed E-state index contributed by atoms with van der Waals surface area (Å²) >= 11 is 0. The van der Waals surface area contributed by atoms with Gasteiger partial charge < -0.3 is 11.5 Å². The van der Waals surface area contributed by atoms with Gasteiger partial charge in [-0.05, 0) is 70.4 Å². The molecule has 4 aromatic carbocycles. The molecule has 0 radical (unpaired) electrons.